The Morgan fingerprint density at radius 3 is 2.90 bits per heavy atom. The second-order valence-electron chi connectivity index (χ2n) is 2.36. The summed E-state index contributed by atoms with van der Waals surface area (Å²) in [4.78, 5) is 0. The summed E-state index contributed by atoms with van der Waals surface area (Å²) in [5.74, 6) is 0.361. The lowest BCUT2D eigenvalue weighted by Crippen LogP contribution is -2.23. The van der Waals surface area contributed by atoms with Gasteiger partial charge < -0.3 is 0 Å². The van der Waals surface area contributed by atoms with E-state index in [2.05, 4.69) is 0 Å². The first-order chi connectivity index (χ1) is 4.74. The Bertz CT molecular complexity index is 186. The molecule has 0 bridgehead atoms. The van der Waals surface area contributed by atoms with Gasteiger partial charge in [0.25, 0.3) is 0 Å². The molecule has 0 unspecified atom stereocenters. The van der Waals surface area contributed by atoms with Crippen LogP contribution in [0.5, 0.6) is 0 Å². The molecule has 0 aromatic heterocycles. The van der Waals surface area contributed by atoms with Gasteiger partial charge in [0.2, 0.25) is 0 Å². The summed E-state index contributed by atoms with van der Waals surface area (Å²) in [6, 6.07) is 0. The van der Waals surface area contributed by atoms with Crippen LogP contribution < -0.4 is 0 Å². The number of alkyl halides is 1. The van der Waals surface area contributed by atoms with Gasteiger partial charge in [-0.1, -0.05) is 11.6 Å². The molecule has 0 aliphatic carbocycles. The molecule has 1 rings (SSSR count). The molecule has 0 spiro atoms. The van der Waals surface area contributed by atoms with Gasteiger partial charge in [-0.2, -0.15) is 0 Å². The molecule has 10 heavy (non-hydrogen) atoms. The van der Waals surface area contributed by atoms with E-state index in [4.69, 9.17) is 11.6 Å². The van der Waals surface area contributed by atoms with Crippen LogP contribution in [0.4, 0.5) is 0 Å². The lowest BCUT2D eigenvalue weighted by Gasteiger charge is -2.21. The van der Waals surface area contributed by atoms with Gasteiger partial charge in [-0.05, 0) is 13.0 Å². The van der Waals surface area contributed by atoms with Crippen LogP contribution in [0.3, 0.4) is 0 Å². The summed E-state index contributed by atoms with van der Waals surface area (Å²) in [6.45, 7) is 2.53. The Morgan fingerprint density at radius 1 is 1.70 bits per heavy atom. The second-order valence-corrected chi connectivity index (χ2v) is 2.63. The van der Waals surface area contributed by atoms with Gasteiger partial charge in [-0.25, -0.2) is 0 Å². The minimum Gasteiger partial charge on any atom is -0.288 e. The van der Waals surface area contributed by atoms with E-state index in [1.165, 1.54) is 5.06 Å². The largest absolute Gasteiger partial charge is 0.288 e. The highest BCUT2D eigenvalue weighted by Crippen LogP contribution is 2.12. The van der Waals surface area contributed by atoms with E-state index < -0.39 is 0 Å². The molecule has 1 heterocycles. The summed E-state index contributed by atoms with van der Waals surface area (Å²) >= 11 is 5.52. The van der Waals surface area contributed by atoms with Crippen molar-refractivity contribution in [2.24, 2.45) is 0 Å². The fraction of sp³-hybridized carbons (Fsp3) is 0.429. The van der Waals surface area contributed by atoms with Gasteiger partial charge in [-0.15, -0.1) is 11.6 Å². The maximum atomic E-state index is 9.18. The number of hydroxylamine groups is 2. The van der Waals surface area contributed by atoms with E-state index in [1.807, 2.05) is 19.1 Å². The lowest BCUT2D eigenvalue weighted by atomic mass is 10.2. The molecule has 0 saturated carbocycles. The molecule has 0 amide bonds. The zero-order valence-corrected chi connectivity index (χ0v) is 6.60. The fourth-order valence-electron chi connectivity index (χ4n) is 0.829. The van der Waals surface area contributed by atoms with Crippen molar-refractivity contribution in [2.75, 3.05) is 12.4 Å². The molecular weight excluding hydrogens is 150 g/mol. The number of halogens is 1. The minimum absolute atomic E-state index is 0.361. The molecule has 0 saturated heterocycles. The van der Waals surface area contributed by atoms with Crippen LogP contribution >= 0.6 is 11.6 Å². The predicted octanol–water partition coefficient (Wildman–Crippen LogP) is 1.76. The smallest absolute Gasteiger partial charge is 0.0660 e. The Kier molecular flexibility index (Phi) is 2.35. The molecular formula is C7H10ClNO. The zero-order valence-electron chi connectivity index (χ0n) is 5.84. The Balaban J connectivity index is 2.71. The minimum atomic E-state index is 0.361. The standard InChI is InChI=1S/C7H10ClNO/c1-6-2-3-7(4-8)9(10)5-6/h2-3,10H,4-5H2,1H3. The van der Waals surface area contributed by atoms with Crippen LogP contribution in [0.2, 0.25) is 0 Å². The molecule has 0 radical (unpaired) electrons. The molecule has 0 atom stereocenters. The van der Waals surface area contributed by atoms with Gasteiger partial charge in [0, 0.05) is 0 Å². The zero-order chi connectivity index (χ0) is 7.56. The van der Waals surface area contributed by atoms with E-state index in [0.29, 0.717) is 12.4 Å². The lowest BCUT2D eigenvalue weighted by molar-refractivity contribution is -0.0469. The summed E-state index contributed by atoms with van der Waals surface area (Å²) in [7, 11) is 0. The van der Waals surface area contributed by atoms with Crippen molar-refractivity contribution in [3.8, 4) is 0 Å². The third-order valence-electron chi connectivity index (χ3n) is 1.43. The van der Waals surface area contributed by atoms with Crippen molar-refractivity contribution in [2.45, 2.75) is 6.92 Å². The Morgan fingerprint density at radius 2 is 2.40 bits per heavy atom. The Labute approximate surface area is 65.4 Å². The highest BCUT2D eigenvalue weighted by molar-refractivity contribution is 6.19. The summed E-state index contributed by atoms with van der Waals surface area (Å²) in [5.41, 5.74) is 1.89. The highest BCUT2D eigenvalue weighted by Gasteiger charge is 2.08. The average Bonchev–Trinajstić information content (AvgIpc) is 1.88. The van der Waals surface area contributed by atoms with E-state index in [9.17, 15) is 5.21 Å². The van der Waals surface area contributed by atoms with E-state index >= 15 is 0 Å². The maximum absolute atomic E-state index is 9.18. The first-order valence-corrected chi connectivity index (χ1v) is 3.66. The topological polar surface area (TPSA) is 23.5 Å². The molecule has 0 aromatic rings. The SMILES string of the molecule is CC1=CC=C(CCl)N(O)C1. The quantitative estimate of drug-likeness (QED) is 0.590. The predicted molar refractivity (Wildman–Crippen MR) is 41.1 cm³/mol. The Hall–Kier alpha value is -0.470. The van der Waals surface area contributed by atoms with E-state index in [-0.39, 0.29) is 0 Å². The van der Waals surface area contributed by atoms with Crippen molar-refractivity contribution in [3.63, 3.8) is 0 Å². The van der Waals surface area contributed by atoms with Crippen molar-refractivity contribution in [1.29, 1.82) is 0 Å². The van der Waals surface area contributed by atoms with Crippen molar-refractivity contribution < 1.29 is 5.21 Å². The molecule has 1 aliphatic heterocycles. The number of nitrogens with zero attached hydrogens (tertiary/aromatic N) is 1. The molecule has 2 nitrogen and oxygen atoms in total. The third kappa shape index (κ3) is 1.52. The second kappa shape index (κ2) is 3.08. The molecule has 1 aliphatic rings. The van der Waals surface area contributed by atoms with Crippen LogP contribution in [-0.2, 0) is 0 Å². The fourth-order valence-corrected chi connectivity index (χ4v) is 1.06. The molecule has 3 heteroatoms. The first-order valence-electron chi connectivity index (χ1n) is 3.12. The number of hydrogen-bond acceptors (Lipinski definition) is 2. The van der Waals surface area contributed by atoms with E-state index in [1.54, 1.807) is 0 Å². The van der Waals surface area contributed by atoms with Crippen molar-refractivity contribution in [3.05, 3.63) is 23.4 Å². The normalized spacial score (nSPS) is 18.5. The maximum Gasteiger partial charge on any atom is 0.0660 e. The van der Waals surface area contributed by atoms with Crippen LogP contribution in [0.25, 0.3) is 0 Å². The summed E-state index contributed by atoms with van der Waals surface area (Å²) < 4.78 is 0. The van der Waals surface area contributed by atoms with Gasteiger partial charge in [0.1, 0.15) is 0 Å². The summed E-state index contributed by atoms with van der Waals surface area (Å²) in [6.07, 6.45) is 3.79. The number of allylic oxidation sites excluding steroid dienone is 3. The van der Waals surface area contributed by atoms with Crippen LogP contribution in [0.1, 0.15) is 6.92 Å². The van der Waals surface area contributed by atoms with Crippen molar-refractivity contribution in [1.82, 2.24) is 5.06 Å². The monoisotopic (exact) mass is 159 g/mol. The van der Waals surface area contributed by atoms with Gasteiger partial charge in [0.15, 0.2) is 0 Å². The van der Waals surface area contributed by atoms with Gasteiger partial charge >= 0.3 is 0 Å². The van der Waals surface area contributed by atoms with Gasteiger partial charge in [0.05, 0.1) is 18.1 Å². The van der Waals surface area contributed by atoms with Crippen LogP contribution in [-0.4, -0.2) is 22.7 Å². The average molecular weight is 160 g/mol. The number of hydrogen-bond donors (Lipinski definition) is 1. The molecule has 56 valence electrons. The van der Waals surface area contributed by atoms with Gasteiger partial charge in [-0.3, -0.25) is 10.3 Å². The molecule has 1 N–H and O–H groups in total. The number of rotatable bonds is 1. The summed E-state index contributed by atoms with van der Waals surface area (Å²) in [5, 5.41) is 10.3. The first kappa shape index (κ1) is 7.63. The highest BCUT2D eigenvalue weighted by atomic mass is 35.5. The molecule has 0 fully saturated rings. The van der Waals surface area contributed by atoms with Crippen LogP contribution in [0, 0.1) is 0 Å². The van der Waals surface area contributed by atoms with E-state index in [0.717, 1.165) is 11.3 Å². The van der Waals surface area contributed by atoms with Crippen LogP contribution in [0.15, 0.2) is 23.4 Å². The third-order valence-corrected chi connectivity index (χ3v) is 1.70. The van der Waals surface area contributed by atoms with Crippen molar-refractivity contribution >= 4 is 11.6 Å². The molecule has 0 aromatic carbocycles.